The Morgan fingerprint density at radius 1 is 1.27 bits per heavy atom. The Kier molecular flexibility index (Phi) is 5.89. The van der Waals surface area contributed by atoms with Crippen LogP contribution in [-0.4, -0.2) is 35.2 Å². The minimum atomic E-state index is -0.833. The van der Waals surface area contributed by atoms with E-state index in [0.717, 1.165) is 24.0 Å². The van der Waals surface area contributed by atoms with Gasteiger partial charge in [-0.3, -0.25) is 9.69 Å². The Balaban J connectivity index is 2.12. The second kappa shape index (κ2) is 8.32. The average molecular weight is 357 g/mol. The molecule has 1 fully saturated rings. The quantitative estimate of drug-likeness (QED) is 0.839. The van der Waals surface area contributed by atoms with Crippen molar-refractivity contribution in [1.82, 2.24) is 4.90 Å². The lowest BCUT2D eigenvalue weighted by molar-refractivity contribution is -0.145. The molecule has 3 rings (SSSR count). The van der Waals surface area contributed by atoms with Crippen LogP contribution in [0.15, 0.2) is 48.5 Å². The van der Waals surface area contributed by atoms with E-state index >= 15 is 0 Å². The second-order valence-electron chi connectivity index (χ2n) is 6.52. The van der Waals surface area contributed by atoms with Crippen LogP contribution in [0.4, 0.5) is 4.39 Å². The summed E-state index contributed by atoms with van der Waals surface area (Å²) in [4.78, 5) is 13.8. The van der Waals surface area contributed by atoms with Gasteiger partial charge in [-0.2, -0.15) is 0 Å². The number of carbonyl (C=O) groups is 1. The van der Waals surface area contributed by atoms with Crippen molar-refractivity contribution in [2.24, 2.45) is 0 Å². The van der Waals surface area contributed by atoms with Gasteiger partial charge in [-0.15, -0.1) is 0 Å². The van der Waals surface area contributed by atoms with E-state index in [4.69, 9.17) is 4.74 Å². The molecule has 0 radical (unpaired) electrons. The summed E-state index contributed by atoms with van der Waals surface area (Å²) in [6.45, 7) is 3.07. The van der Waals surface area contributed by atoms with Crippen LogP contribution in [0.2, 0.25) is 0 Å². The molecular weight excluding hydrogens is 333 g/mol. The molecule has 1 aliphatic rings. The van der Waals surface area contributed by atoms with E-state index in [1.165, 1.54) is 12.1 Å². The summed E-state index contributed by atoms with van der Waals surface area (Å²) < 4.78 is 19.7. The monoisotopic (exact) mass is 357 g/mol. The highest BCUT2D eigenvalue weighted by Crippen LogP contribution is 2.38. The summed E-state index contributed by atoms with van der Waals surface area (Å²) in [5.74, 6) is -0.454. The van der Waals surface area contributed by atoms with Crippen molar-refractivity contribution in [1.29, 1.82) is 0 Å². The Morgan fingerprint density at radius 2 is 2.08 bits per heavy atom. The van der Waals surface area contributed by atoms with Crippen LogP contribution in [0.5, 0.6) is 5.75 Å². The number of hydrogen-bond acceptors (Lipinski definition) is 3. The number of carboxylic acids is 1. The molecule has 4 nitrogen and oxygen atoms in total. The third-order valence-corrected chi connectivity index (χ3v) is 4.84. The fourth-order valence-electron chi connectivity index (χ4n) is 3.75. The molecule has 26 heavy (non-hydrogen) atoms. The largest absolute Gasteiger partial charge is 0.494 e. The van der Waals surface area contributed by atoms with Crippen LogP contribution in [0.1, 0.15) is 43.4 Å². The third-order valence-electron chi connectivity index (χ3n) is 4.84. The van der Waals surface area contributed by atoms with Crippen molar-refractivity contribution in [3.05, 3.63) is 65.5 Å². The average Bonchev–Trinajstić information content (AvgIpc) is 2.64. The molecule has 0 saturated carbocycles. The van der Waals surface area contributed by atoms with E-state index in [9.17, 15) is 14.3 Å². The van der Waals surface area contributed by atoms with E-state index in [-0.39, 0.29) is 11.9 Å². The number of likely N-dealkylation sites (tertiary alicyclic amines) is 1. The molecule has 0 amide bonds. The molecule has 0 bridgehead atoms. The molecule has 0 aliphatic carbocycles. The SMILES string of the molecule is CCOc1ccccc1C(c1cccc(F)c1)N1CCCCC1C(=O)O. The molecular formula is C21H24FNO3. The summed E-state index contributed by atoms with van der Waals surface area (Å²) in [6.07, 6.45) is 2.40. The Labute approximate surface area is 153 Å². The lowest BCUT2D eigenvalue weighted by Crippen LogP contribution is -2.47. The van der Waals surface area contributed by atoms with Gasteiger partial charge in [0.25, 0.3) is 0 Å². The molecule has 2 unspecified atom stereocenters. The zero-order chi connectivity index (χ0) is 18.5. The lowest BCUT2D eigenvalue weighted by atomic mass is 9.91. The predicted molar refractivity (Wildman–Crippen MR) is 97.8 cm³/mol. The highest BCUT2D eigenvalue weighted by Gasteiger charge is 2.36. The first-order chi connectivity index (χ1) is 12.6. The number of nitrogens with zero attached hydrogens (tertiary/aromatic N) is 1. The van der Waals surface area contributed by atoms with Gasteiger partial charge in [0.1, 0.15) is 17.6 Å². The Bertz CT molecular complexity index is 764. The maximum Gasteiger partial charge on any atom is 0.320 e. The summed E-state index contributed by atoms with van der Waals surface area (Å²) in [7, 11) is 0. The normalized spacial score (nSPS) is 19.1. The number of piperidine rings is 1. The number of rotatable bonds is 6. The van der Waals surface area contributed by atoms with Crippen molar-refractivity contribution in [2.45, 2.75) is 38.3 Å². The minimum absolute atomic E-state index is 0.328. The third kappa shape index (κ3) is 3.88. The highest BCUT2D eigenvalue weighted by atomic mass is 19.1. The molecule has 2 aromatic rings. The van der Waals surface area contributed by atoms with Gasteiger partial charge in [-0.1, -0.05) is 36.8 Å². The molecule has 1 N–H and O–H groups in total. The topological polar surface area (TPSA) is 49.8 Å². The number of aliphatic carboxylic acids is 1. The van der Waals surface area contributed by atoms with Crippen LogP contribution >= 0.6 is 0 Å². The number of ether oxygens (including phenoxy) is 1. The molecule has 2 atom stereocenters. The molecule has 0 aromatic heterocycles. The Morgan fingerprint density at radius 3 is 2.81 bits per heavy atom. The van der Waals surface area contributed by atoms with Crippen LogP contribution in [0, 0.1) is 5.82 Å². The van der Waals surface area contributed by atoms with Gasteiger partial charge >= 0.3 is 5.97 Å². The number of hydrogen-bond donors (Lipinski definition) is 1. The van der Waals surface area contributed by atoms with E-state index in [1.807, 2.05) is 42.2 Å². The van der Waals surface area contributed by atoms with Gasteiger partial charge in [-0.25, -0.2) is 4.39 Å². The van der Waals surface area contributed by atoms with Crippen molar-refractivity contribution in [2.75, 3.05) is 13.2 Å². The molecule has 1 heterocycles. The fourth-order valence-corrected chi connectivity index (χ4v) is 3.75. The first kappa shape index (κ1) is 18.4. The highest BCUT2D eigenvalue weighted by molar-refractivity contribution is 5.73. The van der Waals surface area contributed by atoms with Crippen LogP contribution in [-0.2, 0) is 4.79 Å². The Hall–Kier alpha value is -2.40. The van der Waals surface area contributed by atoms with Gasteiger partial charge in [0.2, 0.25) is 0 Å². The van der Waals surface area contributed by atoms with Crippen molar-refractivity contribution in [3.8, 4) is 5.75 Å². The van der Waals surface area contributed by atoms with E-state index < -0.39 is 12.0 Å². The van der Waals surface area contributed by atoms with Crippen LogP contribution in [0.3, 0.4) is 0 Å². The number of benzene rings is 2. The predicted octanol–water partition coefficient (Wildman–Crippen LogP) is 4.25. The van der Waals surface area contributed by atoms with E-state index in [1.54, 1.807) is 6.07 Å². The van der Waals surface area contributed by atoms with Gasteiger partial charge in [0.05, 0.1) is 12.6 Å². The lowest BCUT2D eigenvalue weighted by Gasteiger charge is -2.40. The van der Waals surface area contributed by atoms with Gasteiger partial charge in [0.15, 0.2) is 0 Å². The maximum atomic E-state index is 13.9. The standard InChI is InChI=1S/C21H24FNO3/c1-2-26-19-12-4-3-10-17(19)20(15-8-7-9-16(22)14-15)23-13-6-5-11-18(23)21(24)25/h3-4,7-10,12,14,18,20H,2,5-6,11,13H2,1H3,(H,24,25). The second-order valence-corrected chi connectivity index (χ2v) is 6.52. The minimum Gasteiger partial charge on any atom is -0.494 e. The van der Waals surface area contributed by atoms with E-state index in [0.29, 0.717) is 25.3 Å². The maximum absolute atomic E-state index is 13.9. The smallest absolute Gasteiger partial charge is 0.320 e. The van der Waals surface area contributed by atoms with Gasteiger partial charge < -0.3 is 9.84 Å². The van der Waals surface area contributed by atoms with Gasteiger partial charge in [-0.05, 0) is 50.1 Å². The number of carboxylic acid groups (broad SMARTS) is 1. The first-order valence-electron chi connectivity index (χ1n) is 9.07. The van der Waals surface area contributed by atoms with E-state index in [2.05, 4.69) is 0 Å². The summed E-state index contributed by atoms with van der Waals surface area (Å²) in [6, 6.07) is 13.1. The van der Waals surface area contributed by atoms with Crippen molar-refractivity contribution >= 4 is 5.97 Å². The molecule has 1 aliphatic heterocycles. The van der Waals surface area contributed by atoms with Gasteiger partial charge in [0, 0.05) is 5.56 Å². The number of para-hydroxylation sites is 1. The first-order valence-corrected chi connectivity index (χ1v) is 9.07. The molecule has 2 aromatic carbocycles. The molecule has 1 saturated heterocycles. The van der Waals surface area contributed by atoms with Crippen molar-refractivity contribution < 1.29 is 19.0 Å². The van der Waals surface area contributed by atoms with Crippen molar-refractivity contribution in [3.63, 3.8) is 0 Å². The fraction of sp³-hybridized carbons (Fsp3) is 0.381. The molecule has 5 heteroatoms. The zero-order valence-corrected chi connectivity index (χ0v) is 14.9. The van der Waals surface area contributed by atoms with Crippen LogP contribution in [0.25, 0.3) is 0 Å². The number of halogens is 1. The summed E-state index contributed by atoms with van der Waals surface area (Å²) in [5.41, 5.74) is 1.61. The summed E-state index contributed by atoms with van der Waals surface area (Å²) >= 11 is 0. The summed E-state index contributed by atoms with van der Waals surface area (Å²) in [5, 5.41) is 9.73. The zero-order valence-electron chi connectivity index (χ0n) is 14.9. The van der Waals surface area contributed by atoms with Crippen LogP contribution < -0.4 is 4.74 Å². The molecule has 138 valence electrons. The molecule has 0 spiro atoms.